The predicted molar refractivity (Wildman–Crippen MR) is 61.4 cm³/mol. The normalized spacial score (nSPS) is 15.6. The summed E-state index contributed by atoms with van der Waals surface area (Å²) < 4.78 is 13.6. The van der Waals surface area contributed by atoms with Gasteiger partial charge >= 0.3 is 6.09 Å². The average molecular weight is 257 g/mol. The topological polar surface area (TPSA) is 53.4 Å². The lowest BCUT2D eigenvalue weighted by molar-refractivity contribution is 0.150. The molecule has 0 saturated heterocycles. The lowest BCUT2D eigenvalue weighted by atomic mass is 10.0. The zero-order valence-corrected chi connectivity index (χ0v) is 9.62. The van der Waals surface area contributed by atoms with Crippen molar-refractivity contribution in [2.45, 2.75) is 6.42 Å². The summed E-state index contributed by atoms with van der Waals surface area (Å²) >= 11 is 5.89. The molecule has 0 fully saturated rings. The molecule has 0 radical (unpaired) electrons. The molecule has 90 valence electrons. The Morgan fingerprint density at radius 1 is 1.53 bits per heavy atom. The third-order valence-electron chi connectivity index (χ3n) is 2.65. The van der Waals surface area contributed by atoms with E-state index >= 15 is 0 Å². The minimum Gasteiger partial charge on any atom is -0.465 e. The monoisotopic (exact) mass is 256 g/mol. The fourth-order valence-corrected chi connectivity index (χ4v) is 2.06. The van der Waals surface area contributed by atoms with Crippen LogP contribution in [0.5, 0.6) is 0 Å². The molecule has 2 rings (SSSR count). The number of nitrogens with zero attached hydrogens (tertiary/aromatic N) is 2. The van der Waals surface area contributed by atoms with Crippen molar-refractivity contribution in [1.29, 1.82) is 0 Å². The van der Waals surface area contributed by atoms with Gasteiger partial charge in [-0.25, -0.2) is 9.18 Å². The molecule has 1 aliphatic heterocycles. The van der Waals surface area contributed by atoms with Crippen molar-refractivity contribution in [2.75, 3.05) is 13.1 Å². The molecule has 1 aromatic rings. The molecule has 17 heavy (non-hydrogen) atoms. The summed E-state index contributed by atoms with van der Waals surface area (Å²) in [5, 5.41) is 9.04. The van der Waals surface area contributed by atoms with Gasteiger partial charge in [-0.1, -0.05) is 17.7 Å². The maximum absolute atomic E-state index is 13.6. The Morgan fingerprint density at radius 2 is 2.29 bits per heavy atom. The number of hydrogen-bond acceptors (Lipinski definition) is 2. The van der Waals surface area contributed by atoms with Gasteiger partial charge < -0.3 is 10.0 Å². The Labute approximate surface area is 102 Å². The lowest BCUT2D eigenvalue weighted by Gasteiger charge is -2.24. The number of pyridine rings is 1. The van der Waals surface area contributed by atoms with Crippen molar-refractivity contribution in [3.05, 3.63) is 34.9 Å². The zero-order chi connectivity index (χ0) is 12.4. The summed E-state index contributed by atoms with van der Waals surface area (Å²) in [6, 6.07) is 0. The number of hydrogen-bond donors (Lipinski definition) is 1. The van der Waals surface area contributed by atoms with Gasteiger partial charge in [-0.05, 0) is 12.0 Å². The van der Waals surface area contributed by atoms with Gasteiger partial charge in [0.15, 0.2) is 0 Å². The summed E-state index contributed by atoms with van der Waals surface area (Å²) in [7, 11) is 0. The largest absolute Gasteiger partial charge is 0.465 e. The van der Waals surface area contributed by atoms with E-state index in [1.165, 1.54) is 11.1 Å². The van der Waals surface area contributed by atoms with Crippen LogP contribution >= 0.6 is 11.6 Å². The highest BCUT2D eigenvalue weighted by Gasteiger charge is 2.20. The molecule has 6 heteroatoms. The minimum absolute atomic E-state index is 0.250. The Bertz CT molecular complexity index is 470. The number of carboxylic acid groups (broad SMARTS) is 1. The smallest absolute Gasteiger partial charge is 0.407 e. The molecule has 0 atom stereocenters. The Hall–Kier alpha value is -1.62. The second-order valence-corrected chi connectivity index (χ2v) is 4.09. The van der Waals surface area contributed by atoms with Crippen LogP contribution in [0.1, 0.15) is 12.0 Å². The van der Waals surface area contributed by atoms with E-state index in [0.717, 1.165) is 11.8 Å². The molecule has 0 aromatic carbocycles. The SMILES string of the molecule is O=C(O)N1CC=C(c2c(F)cncc2Cl)CC1. The van der Waals surface area contributed by atoms with Crippen LogP contribution in [-0.4, -0.2) is 34.2 Å². The van der Waals surface area contributed by atoms with Gasteiger partial charge in [0, 0.05) is 24.8 Å². The zero-order valence-electron chi connectivity index (χ0n) is 8.86. The Balaban J connectivity index is 2.28. The van der Waals surface area contributed by atoms with Crippen molar-refractivity contribution in [1.82, 2.24) is 9.88 Å². The molecule has 0 spiro atoms. The van der Waals surface area contributed by atoms with E-state index < -0.39 is 11.9 Å². The number of rotatable bonds is 1. The predicted octanol–water partition coefficient (Wildman–Crippen LogP) is 2.64. The van der Waals surface area contributed by atoms with Crippen molar-refractivity contribution in [3.63, 3.8) is 0 Å². The van der Waals surface area contributed by atoms with Gasteiger partial charge in [-0.3, -0.25) is 4.98 Å². The van der Waals surface area contributed by atoms with Crippen molar-refractivity contribution in [3.8, 4) is 0 Å². The van der Waals surface area contributed by atoms with E-state index in [2.05, 4.69) is 4.98 Å². The summed E-state index contributed by atoms with van der Waals surface area (Å²) in [6.45, 7) is 0.599. The fraction of sp³-hybridized carbons (Fsp3) is 0.273. The van der Waals surface area contributed by atoms with E-state index in [9.17, 15) is 9.18 Å². The fourth-order valence-electron chi connectivity index (χ4n) is 1.79. The van der Waals surface area contributed by atoms with Crippen LogP contribution < -0.4 is 0 Å². The molecule has 0 aliphatic carbocycles. The van der Waals surface area contributed by atoms with Gasteiger partial charge in [0.25, 0.3) is 0 Å². The third-order valence-corrected chi connectivity index (χ3v) is 2.94. The summed E-state index contributed by atoms with van der Waals surface area (Å²) in [4.78, 5) is 15.6. The average Bonchev–Trinajstić information content (AvgIpc) is 2.29. The van der Waals surface area contributed by atoms with Crippen LogP contribution in [0.25, 0.3) is 5.57 Å². The second kappa shape index (κ2) is 4.71. The van der Waals surface area contributed by atoms with E-state index in [4.69, 9.17) is 16.7 Å². The molecule has 0 bridgehead atoms. The van der Waals surface area contributed by atoms with Gasteiger partial charge in [-0.2, -0.15) is 0 Å². The van der Waals surface area contributed by atoms with Crippen LogP contribution in [0.3, 0.4) is 0 Å². The van der Waals surface area contributed by atoms with Crippen molar-refractivity contribution < 1.29 is 14.3 Å². The number of aromatic nitrogens is 1. The maximum Gasteiger partial charge on any atom is 0.407 e. The number of halogens is 2. The van der Waals surface area contributed by atoms with E-state index in [0.29, 0.717) is 18.5 Å². The Morgan fingerprint density at radius 3 is 2.82 bits per heavy atom. The first kappa shape index (κ1) is 11.9. The molecule has 0 unspecified atom stereocenters. The molecule has 2 heterocycles. The van der Waals surface area contributed by atoms with Gasteiger partial charge in [0.05, 0.1) is 11.2 Å². The second-order valence-electron chi connectivity index (χ2n) is 3.69. The third kappa shape index (κ3) is 2.39. The molecule has 4 nitrogen and oxygen atoms in total. The van der Waals surface area contributed by atoms with Gasteiger partial charge in [0.1, 0.15) is 5.82 Å². The minimum atomic E-state index is -0.971. The van der Waals surface area contributed by atoms with Crippen LogP contribution in [0.2, 0.25) is 5.02 Å². The van der Waals surface area contributed by atoms with Crippen LogP contribution in [-0.2, 0) is 0 Å². The molecular weight excluding hydrogens is 247 g/mol. The van der Waals surface area contributed by atoms with Crippen molar-refractivity contribution >= 4 is 23.3 Å². The highest BCUT2D eigenvalue weighted by atomic mass is 35.5. The van der Waals surface area contributed by atoms with E-state index in [1.807, 2.05) is 0 Å². The highest BCUT2D eigenvalue weighted by Crippen LogP contribution is 2.29. The quantitative estimate of drug-likeness (QED) is 0.840. The number of carbonyl (C=O) groups is 1. The molecule has 0 saturated carbocycles. The summed E-state index contributed by atoms with van der Waals surface area (Å²) in [5.74, 6) is -0.479. The van der Waals surface area contributed by atoms with Crippen LogP contribution in [0, 0.1) is 5.82 Å². The Kier molecular flexibility index (Phi) is 3.28. The first-order valence-electron chi connectivity index (χ1n) is 5.06. The van der Waals surface area contributed by atoms with Crippen LogP contribution in [0.4, 0.5) is 9.18 Å². The molecule has 1 amide bonds. The summed E-state index contributed by atoms with van der Waals surface area (Å²) in [6.07, 6.45) is 3.65. The standard InChI is InChI=1S/C11H10ClFN2O2/c12-8-5-14-6-9(13)10(8)7-1-3-15(4-2-7)11(16)17/h1,5-6H,2-4H2,(H,16,17). The van der Waals surface area contributed by atoms with Gasteiger partial charge in [0.2, 0.25) is 0 Å². The molecular formula is C11H10ClFN2O2. The van der Waals surface area contributed by atoms with Gasteiger partial charge in [-0.15, -0.1) is 0 Å². The summed E-state index contributed by atoms with van der Waals surface area (Å²) in [5.41, 5.74) is 1.05. The van der Waals surface area contributed by atoms with Crippen molar-refractivity contribution in [2.24, 2.45) is 0 Å². The molecule has 1 aliphatic rings. The number of amides is 1. The molecule has 1 N–H and O–H groups in total. The first-order valence-corrected chi connectivity index (χ1v) is 5.43. The van der Waals surface area contributed by atoms with Crippen LogP contribution in [0.15, 0.2) is 18.5 Å². The lowest BCUT2D eigenvalue weighted by Crippen LogP contribution is -2.33. The first-order chi connectivity index (χ1) is 8.09. The van der Waals surface area contributed by atoms with E-state index in [-0.39, 0.29) is 11.6 Å². The maximum atomic E-state index is 13.6. The highest BCUT2D eigenvalue weighted by molar-refractivity contribution is 6.32. The van der Waals surface area contributed by atoms with E-state index in [1.54, 1.807) is 6.08 Å². The molecule has 1 aromatic heterocycles.